The molecule has 1 aliphatic carbocycles. The number of benzene rings is 1. The Bertz CT molecular complexity index is 556. The molecule has 2 atom stereocenters. The predicted octanol–water partition coefficient (Wildman–Crippen LogP) is 5.09. The van der Waals surface area contributed by atoms with Crippen LogP contribution in [-0.4, -0.2) is 36.8 Å². The van der Waals surface area contributed by atoms with Crippen molar-refractivity contribution in [2.45, 2.75) is 80.4 Å². The Morgan fingerprint density at radius 2 is 1.52 bits per heavy atom. The molecule has 0 radical (unpaired) electrons. The van der Waals surface area contributed by atoms with Gasteiger partial charge in [0.05, 0.1) is 6.10 Å². The van der Waals surface area contributed by atoms with Crippen LogP contribution in [0.25, 0.3) is 0 Å². The van der Waals surface area contributed by atoms with Gasteiger partial charge in [-0.05, 0) is 46.1 Å². The number of hydrogen-bond acceptors (Lipinski definition) is 3. The summed E-state index contributed by atoms with van der Waals surface area (Å²) < 4.78 is 0. The third-order valence-electron chi connectivity index (χ3n) is 4.23. The zero-order valence-corrected chi connectivity index (χ0v) is 19.9. The smallest absolute Gasteiger partial charge is 0.207 e. The summed E-state index contributed by atoms with van der Waals surface area (Å²) in [6, 6.07) is 8.89. The van der Waals surface area contributed by atoms with E-state index in [0.29, 0.717) is 25.5 Å². The number of rotatable bonds is 7. The maximum absolute atomic E-state index is 10.1. The first kappa shape index (κ1) is 29.3. The molecule has 0 heterocycles. The van der Waals surface area contributed by atoms with Crippen molar-refractivity contribution < 1.29 is 9.90 Å². The molecule has 3 N–H and O–H groups in total. The third-order valence-corrected chi connectivity index (χ3v) is 4.23. The second-order valence-electron chi connectivity index (χ2n) is 6.65. The summed E-state index contributed by atoms with van der Waals surface area (Å²) in [6.45, 7) is 17.2. The van der Waals surface area contributed by atoms with Crippen LogP contribution in [0.3, 0.4) is 0 Å². The molecule has 1 aromatic rings. The molecular weight excluding hydrogens is 360 g/mol. The highest BCUT2D eigenvalue weighted by atomic mass is 16.3. The number of aryl methyl sites for hydroxylation is 2. The first-order valence-electron chi connectivity index (χ1n) is 10.9. The topological polar surface area (TPSA) is 61.4 Å². The summed E-state index contributed by atoms with van der Waals surface area (Å²) in [6.07, 6.45) is 6.35. The molecule has 2 rings (SSSR count). The van der Waals surface area contributed by atoms with E-state index in [4.69, 9.17) is 0 Å². The minimum absolute atomic E-state index is 0.303. The summed E-state index contributed by atoms with van der Waals surface area (Å²) in [7, 11) is 0. The van der Waals surface area contributed by atoms with E-state index in [-0.39, 0.29) is 0 Å². The fourth-order valence-electron chi connectivity index (χ4n) is 2.76. The van der Waals surface area contributed by atoms with E-state index in [0.717, 1.165) is 12.8 Å². The quantitative estimate of drug-likeness (QED) is 0.555. The van der Waals surface area contributed by atoms with E-state index >= 15 is 0 Å². The largest absolute Gasteiger partial charge is 0.390 e. The Kier molecular flexibility index (Phi) is 19.6. The van der Waals surface area contributed by atoms with E-state index < -0.39 is 6.10 Å². The van der Waals surface area contributed by atoms with Crippen molar-refractivity contribution in [2.75, 3.05) is 13.1 Å². The van der Waals surface area contributed by atoms with Gasteiger partial charge in [0, 0.05) is 19.1 Å². The van der Waals surface area contributed by atoms with E-state index in [9.17, 15) is 9.90 Å². The van der Waals surface area contributed by atoms with Crippen molar-refractivity contribution in [1.29, 1.82) is 0 Å². The Labute approximate surface area is 179 Å². The predicted molar refractivity (Wildman–Crippen MR) is 127 cm³/mol. The van der Waals surface area contributed by atoms with Crippen LogP contribution < -0.4 is 10.6 Å². The van der Waals surface area contributed by atoms with Gasteiger partial charge in [-0.3, -0.25) is 4.79 Å². The maximum Gasteiger partial charge on any atom is 0.207 e. The van der Waals surface area contributed by atoms with Gasteiger partial charge in [0.15, 0.2) is 0 Å². The average molecular weight is 405 g/mol. The first-order valence-corrected chi connectivity index (χ1v) is 10.9. The molecule has 0 saturated heterocycles. The monoisotopic (exact) mass is 404 g/mol. The molecule has 0 spiro atoms. The van der Waals surface area contributed by atoms with Gasteiger partial charge in [0.1, 0.15) is 0 Å². The average Bonchev–Trinajstić information content (AvgIpc) is 3.10. The number of nitrogens with one attached hydrogen (secondary N) is 2. The zero-order chi connectivity index (χ0) is 22.7. The van der Waals surface area contributed by atoms with Gasteiger partial charge in [-0.2, -0.15) is 0 Å². The van der Waals surface area contributed by atoms with Gasteiger partial charge in [-0.1, -0.05) is 80.8 Å². The fraction of sp³-hybridized carbons (Fsp3) is 0.560. The number of carbonyl (C=O) groups is 1. The number of amides is 1. The highest BCUT2D eigenvalue weighted by Crippen LogP contribution is 2.26. The highest BCUT2D eigenvalue weighted by Gasteiger charge is 2.20. The fourth-order valence-corrected chi connectivity index (χ4v) is 2.76. The SMILES string of the molecule is C/C=C\C1=C(C)CC(NCC(O)CNC=O)C1.CC.CC.Cc1ccc(C)cc1. The zero-order valence-electron chi connectivity index (χ0n) is 19.9. The van der Waals surface area contributed by atoms with Gasteiger partial charge >= 0.3 is 0 Å². The molecule has 0 fully saturated rings. The van der Waals surface area contributed by atoms with Crippen LogP contribution in [0.2, 0.25) is 0 Å². The summed E-state index contributed by atoms with van der Waals surface area (Å²) in [5.41, 5.74) is 5.47. The third kappa shape index (κ3) is 14.7. The lowest BCUT2D eigenvalue weighted by Crippen LogP contribution is -2.39. The summed E-state index contributed by atoms with van der Waals surface area (Å²) >= 11 is 0. The lowest BCUT2D eigenvalue weighted by atomic mass is 10.1. The molecule has 29 heavy (non-hydrogen) atoms. The summed E-state index contributed by atoms with van der Waals surface area (Å²) in [4.78, 5) is 10.1. The normalized spacial score (nSPS) is 16.0. The van der Waals surface area contributed by atoms with Crippen LogP contribution in [0.15, 0.2) is 47.6 Å². The summed E-state index contributed by atoms with van der Waals surface area (Å²) in [5.74, 6) is 0. The van der Waals surface area contributed by atoms with E-state index in [2.05, 4.69) is 67.8 Å². The lowest BCUT2D eigenvalue weighted by Gasteiger charge is -2.16. The molecule has 1 aromatic carbocycles. The van der Waals surface area contributed by atoms with E-state index in [1.165, 1.54) is 22.3 Å². The lowest BCUT2D eigenvalue weighted by molar-refractivity contribution is -0.109. The van der Waals surface area contributed by atoms with Crippen LogP contribution >= 0.6 is 0 Å². The highest BCUT2D eigenvalue weighted by molar-refractivity contribution is 5.45. The number of aliphatic hydroxyl groups excluding tert-OH is 1. The molecular formula is C25H44N2O2. The second-order valence-corrected chi connectivity index (χ2v) is 6.65. The van der Waals surface area contributed by atoms with Crippen molar-refractivity contribution >= 4 is 6.41 Å². The van der Waals surface area contributed by atoms with Crippen LogP contribution in [0.1, 0.15) is 65.5 Å². The van der Waals surface area contributed by atoms with E-state index in [1.807, 2.05) is 34.6 Å². The Morgan fingerprint density at radius 1 is 1.00 bits per heavy atom. The molecule has 4 nitrogen and oxygen atoms in total. The number of aliphatic hydroxyl groups is 1. The second kappa shape index (κ2) is 19.4. The molecule has 2 unspecified atom stereocenters. The number of allylic oxidation sites excluding steroid dienone is 2. The standard InChI is InChI=1S/C13H22N2O2.C8H10.2C2H6/c1-3-4-11-6-12(5-10(11)2)15-8-13(17)7-14-9-16;1-7-3-5-8(2)6-4-7;2*1-2/h3-4,9,12-13,15,17H,5-8H2,1-2H3,(H,14,16);3-6H,1-2H3;2*1-2H3/b4-3-;;;. The van der Waals surface area contributed by atoms with Gasteiger partial charge in [0.25, 0.3) is 0 Å². The van der Waals surface area contributed by atoms with Crippen molar-refractivity contribution in [3.63, 3.8) is 0 Å². The molecule has 4 heteroatoms. The molecule has 166 valence electrons. The molecule has 1 aliphatic rings. The Morgan fingerprint density at radius 3 is 1.97 bits per heavy atom. The number of hydrogen-bond donors (Lipinski definition) is 3. The van der Waals surface area contributed by atoms with Gasteiger partial charge in [0.2, 0.25) is 6.41 Å². The van der Waals surface area contributed by atoms with Crippen molar-refractivity contribution in [3.8, 4) is 0 Å². The minimum Gasteiger partial charge on any atom is -0.390 e. The first-order chi connectivity index (χ1) is 14.0. The molecule has 0 bridgehead atoms. The van der Waals surface area contributed by atoms with Crippen molar-refractivity contribution in [1.82, 2.24) is 10.6 Å². The molecule has 1 amide bonds. The molecule has 0 saturated carbocycles. The molecule has 0 aromatic heterocycles. The van der Waals surface area contributed by atoms with Crippen LogP contribution in [-0.2, 0) is 4.79 Å². The maximum atomic E-state index is 10.1. The Hall–Kier alpha value is -1.91. The van der Waals surface area contributed by atoms with Crippen molar-refractivity contribution in [2.24, 2.45) is 0 Å². The van der Waals surface area contributed by atoms with E-state index in [1.54, 1.807) is 0 Å². The Balaban J connectivity index is 0. The molecule has 0 aliphatic heterocycles. The van der Waals surface area contributed by atoms with Crippen LogP contribution in [0.5, 0.6) is 0 Å². The van der Waals surface area contributed by atoms with Gasteiger partial charge < -0.3 is 15.7 Å². The van der Waals surface area contributed by atoms with Gasteiger partial charge in [-0.15, -0.1) is 0 Å². The van der Waals surface area contributed by atoms with Gasteiger partial charge in [-0.25, -0.2) is 0 Å². The minimum atomic E-state index is -0.522. The van der Waals surface area contributed by atoms with Crippen LogP contribution in [0, 0.1) is 13.8 Å². The summed E-state index contributed by atoms with van der Waals surface area (Å²) in [5, 5.41) is 15.4. The van der Waals surface area contributed by atoms with Crippen molar-refractivity contribution in [3.05, 3.63) is 58.7 Å². The number of carbonyl (C=O) groups excluding carboxylic acids is 1. The van der Waals surface area contributed by atoms with Crippen LogP contribution in [0.4, 0.5) is 0 Å².